The molecule has 138 valence electrons. The maximum Gasteiger partial charge on any atom is 0.233 e. The summed E-state index contributed by atoms with van der Waals surface area (Å²) >= 11 is 0. The van der Waals surface area contributed by atoms with Crippen molar-refractivity contribution in [2.24, 2.45) is 0 Å². The molecule has 0 aliphatic heterocycles. The first kappa shape index (κ1) is 19.7. The fourth-order valence-electron chi connectivity index (χ4n) is 2.96. The maximum atomic E-state index is 12.7. The van der Waals surface area contributed by atoms with Gasteiger partial charge in [-0.25, -0.2) is 0 Å². The van der Waals surface area contributed by atoms with E-state index in [1.54, 1.807) is 4.90 Å². The van der Waals surface area contributed by atoms with E-state index in [1.165, 1.54) is 0 Å². The van der Waals surface area contributed by atoms with Gasteiger partial charge in [0.15, 0.2) is 0 Å². The number of hydrogen-bond acceptors (Lipinski definition) is 2. The lowest BCUT2D eigenvalue weighted by Crippen LogP contribution is -2.38. The van der Waals surface area contributed by atoms with E-state index in [4.69, 9.17) is 0 Å². The standard InChI is InChI=1S/C22H28N2O2/c1-5-19-13-9-10-17(4)22(19)23-20(25)14-21(26)24(16(2)3)15-18-11-7-6-8-12-18/h6-13,16H,5,14-15H2,1-4H3,(H,23,25). The molecule has 0 atom stereocenters. The zero-order valence-electron chi connectivity index (χ0n) is 16.1. The zero-order chi connectivity index (χ0) is 19.1. The van der Waals surface area contributed by atoms with Gasteiger partial charge in [-0.15, -0.1) is 0 Å². The molecule has 0 saturated carbocycles. The predicted octanol–water partition coefficient (Wildman–Crippen LogP) is 4.32. The molecule has 0 aliphatic rings. The topological polar surface area (TPSA) is 49.4 Å². The van der Waals surface area contributed by atoms with E-state index >= 15 is 0 Å². The van der Waals surface area contributed by atoms with Gasteiger partial charge in [0.05, 0.1) is 0 Å². The largest absolute Gasteiger partial charge is 0.336 e. The van der Waals surface area contributed by atoms with Gasteiger partial charge in [0.25, 0.3) is 0 Å². The minimum atomic E-state index is -0.266. The van der Waals surface area contributed by atoms with Crippen LogP contribution in [-0.4, -0.2) is 22.8 Å². The Labute approximate surface area is 156 Å². The number of rotatable bonds is 7. The third kappa shape index (κ3) is 5.19. The molecule has 4 heteroatoms. The Kier molecular flexibility index (Phi) is 6.96. The van der Waals surface area contributed by atoms with Crippen LogP contribution >= 0.6 is 0 Å². The number of carbonyl (C=O) groups excluding carboxylic acids is 2. The Morgan fingerprint density at radius 3 is 2.35 bits per heavy atom. The third-order valence-corrected chi connectivity index (χ3v) is 4.46. The first-order valence-electron chi connectivity index (χ1n) is 9.14. The minimum absolute atomic E-state index is 0.0279. The van der Waals surface area contributed by atoms with Crippen molar-refractivity contribution in [3.63, 3.8) is 0 Å². The van der Waals surface area contributed by atoms with Crippen LogP contribution in [0.2, 0.25) is 0 Å². The van der Waals surface area contributed by atoms with Gasteiger partial charge in [0, 0.05) is 18.3 Å². The number of benzene rings is 2. The van der Waals surface area contributed by atoms with Crippen LogP contribution in [0, 0.1) is 6.92 Å². The molecular formula is C22H28N2O2. The second-order valence-corrected chi connectivity index (χ2v) is 6.79. The number of anilines is 1. The van der Waals surface area contributed by atoms with Crippen LogP contribution < -0.4 is 5.32 Å². The summed E-state index contributed by atoms with van der Waals surface area (Å²) in [6.45, 7) is 8.46. The SMILES string of the molecule is CCc1cccc(C)c1NC(=O)CC(=O)N(Cc1ccccc1)C(C)C. The highest BCUT2D eigenvalue weighted by molar-refractivity contribution is 6.04. The van der Waals surface area contributed by atoms with Crippen molar-refractivity contribution in [1.82, 2.24) is 4.90 Å². The molecule has 2 aromatic carbocycles. The van der Waals surface area contributed by atoms with Gasteiger partial charge in [-0.1, -0.05) is 55.5 Å². The van der Waals surface area contributed by atoms with Gasteiger partial charge < -0.3 is 10.2 Å². The first-order chi connectivity index (χ1) is 12.4. The number of hydrogen-bond donors (Lipinski definition) is 1. The molecule has 2 aromatic rings. The summed E-state index contributed by atoms with van der Waals surface area (Å²) in [5.74, 6) is -0.425. The van der Waals surface area contributed by atoms with Gasteiger partial charge in [-0.3, -0.25) is 9.59 Å². The fourth-order valence-corrected chi connectivity index (χ4v) is 2.96. The van der Waals surface area contributed by atoms with E-state index in [0.29, 0.717) is 6.54 Å². The van der Waals surface area contributed by atoms with Crippen LogP contribution in [-0.2, 0) is 22.6 Å². The summed E-state index contributed by atoms with van der Waals surface area (Å²) < 4.78 is 0. The Hall–Kier alpha value is -2.62. The van der Waals surface area contributed by atoms with Crippen molar-refractivity contribution in [2.75, 3.05) is 5.32 Å². The van der Waals surface area contributed by atoms with Crippen molar-refractivity contribution in [2.45, 2.75) is 53.1 Å². The van der Waals surface area contributed by atoms with Crippen LogP contribution in [0.5, 0.6) is 0 Å². The van der Waals surface area contributed by atoms with Crippen molar-refractivity contribution < 1.29 is 9.59 Å². The number of nitrogens with zero attached hydrogens (tertiary/aromatic N) is 1. The smallest absolute Gasteiger partial charge is 0.233 e. The number of para-hydroxylation sites is 1. The molecule has 2 amide bonds. The van der Waals surface area contributed by atoms with Crippen molar-refractivity contribution in [3.8, 4) is 0 Å². The van der Waals surface area contributed by atoms with E-state index in [-0.39, 0.29) is 24.3 Å². The molecule has 0 spiro atoms. The lowest BCUT2D eigenvalue weighted by Gasteiger charge is -2.27. The second kappa shape index (κ2) is 9.18. The van der Waals surface area contributed by atoms with Gasteiger partial charge in [-0.2, -0.15) is 0 Å². The first-order valence-corrected chi connectivity index (χ1v) is 9.14. The quantitative estimate of drug-likeness (QED) is 0.754. The molecule has 0 unspecified atom stereocenters. The van der Waals surface area contributed by atoms with Crippen LogP contribution in [0.3, 0.4) is 0 Å². The van der Waals surface area contributed by atoms with Gasteiger partial charge >= 0.3 is 0 Å². The summed E-state index contributed by atoms with van der Waals surface area (Å²) in [4.78, 5) is 26.9. The van der Waals surface area contributed by atoms with Gasteiger partial charge in [0.1, 0.15) is 6.42 Å². The fraction of sp³-hybridized carbons (Fsp3) is 0.364. The highest BCUT2D eigenvalue weighted by Gasteiger charge is 2.21. The molecule has 0 aromatic heterocycles. The zero-order valence-corrected chi connectivity index (χ0v) is 16.1. The van der Waals surface area contributed by atoms with Crippen molar-refractivity contribution in [3.05, 3.63) is 65.2 Å². The molecule has 1 N–H and O–H groups in total. The molecule has 26 heavy (non-hydrogen) atoms. The number of carbonyl (C=O) groups is 2. The van der Waals surface area contributed by atoms with E-state index < -0.39 is 0 Å². The van der Waals surface area contributed by atoms with E-state index in [0.717, 1.165) is 28.8 Å². The van der Waals surface area contributed by atoms with Crippen LogP contribution in [0.1, 0.15) is 43.9 Å². The van der Waals surface area contributed by atoms with Gasteiger partial charge in [-0.05, 0) is 43.9 Å². The number of nitrogens with one attached hydrogen (secondary N) is 1. The molecule has 0 radical (unpaired) electrons. The second-order valence-electron chi connectivity index (χ2n) is 6.79. The lowest BCUT2D eigenvalue weighted by molar-refractivity contribution is -0.136. The van der Waals surface area contributed by atoms with E-state index in [2.05, 4.69) is 12.2 Å². The number of amides is 2. The molecule has 0 fully saturated rings. The number of aryl methyl sites for hydroxylation is 2. The maximum absolute atomic E-state index is 12.7. The van der Waals surface area contributed by atoms with Crippen LogP contribution in [0.4, 0.5) is 5.69 Å². The van der Waals surface area contributed by atoms with E-state index in [1.807, 2.05) is 69.3 Å². The van der Waals surface area contributed by atoms with E-state index in [9.17, 15) is 9.59 Å². The molecule has 0 saturated heterocycles. The summed E-state index contributed by atoms with van der Waals surface area (Å²) in [6.07, 6.45) is 0.680. The summed E-state index contributed by atoms with van der Waals surface area (Å²) in [6, 6.07) is 15.8. The average Bonchev–Trinajstić information content (AvgIpc) is 2.61. The highest BCUT2D eigenvalue weighted by Crippen LogP contribution is 2.21. The third-order valence-electron chi connectivity index (χ3n) is 4.46. The average molecular weight is 352 g/mol. The summed E-state index contributed by atoms with van der Waals surface area (Å²) in [7, 11) is 0. The van der Waals surface area contributed by atoms with Crippen LogP contribution in [0.25, 0.3) is 0 Å². The Morgan fingerprint density at radius 1 is 1.04 bits per heavy atom. The summed E-state index contributed by atoms with van der Waals surface area (Å²) in [5.41, 5.74) is 3.97. The minimum Gasteiger partial charge on any atom is -0.336 e. The lowest BCUT2D eigenvalue weighted by atomic mass is 10.1. The highest BCUT2D eigenvalue weighted by atomic mass is 16.2. The molecule has 2 rings (SSSR count). The molecule has 0 heterocycles. The predicted molar refractivity (Wildman–Crippen MR) is 106 cm³/mol. The van der Waals surface area contributed by atoms with Crippen LogP contribution in [0.15, 0.2) is 48.5 Å². The Morgan fingerprint density at radius 2 is 1.73 bits per heavy atom. The molecule has 4 nitrogen and oxygen atoms in total. The Bertz CT molecular complexity index is 754. The molecular weight excluding hydrogens is 324 g/mol. The molecule has 0 aliphatic carbocycles. The van der Waals surface area contributed by atoms with Gasteiger partial charge in [0.2, 0.25) is 11.8 Å². The monoisotopic (exact) mass is 352 g/mol. The van der Waals surface area contributed by atoms with Crippen molar-refractivity contribution >= 4 is 17.5 Å². The van der Waals surface area contributed by atoms with Crippen molar-refractivity contribution in [1.29, 1.82) is 0 Å². The summed E-state index contributed by atoms with van der Waals surface area (Å²) in [5, 5.41) is 2.93. The Balaban J connectivity index is 2.06. The molecule has 0 bridgehead atoms. The normalized spacial score (nSPS) is 10.7.